The van der Waals surface area contributed by atoms with Crippen LogP contribution in [0.1, 0.15) is 32.4 Å². The molecule has 0 spiro atoms. The second kappa shape index (κ2) is 5.48. The van der Waals surface area contributed by atoms with E-state index in [0.717, 1.165) is 5.56 Å². The Morgan fingerprint density at radius 1 is 1.12 bits per heavy atom. The Morgan fingerprint density at radius 2 is 1.71 bits per heavy atom. The van der Waals surface area contributed by atoms with Crippen molar-refractivity contribution in [3.8, 4) is 0 Å². The average Bonchev–Trinajstić information content (AvgIpc) is 2.14. The molecule has 1 rings (SSSR count). The molecule has 0 amide bonds. The highest BCUT2D eigenvalue weighted by Gasteiger charge is 2.17. The molecule has 0 aliphatic carbocycles. The number of hydrogen-bond acceptors (Lipinski definition) is 3. The Kier molecular flexibility index (Phi) is 4.50. The van der Waals surface area contributed by atoms with Gasteiger partial charge in [-0.2, -0.15) is 17.9 Å². The Morgan fingerprint density at radius 3 is 2.24 bits per heavy atom. The molecule has 0 heterocycles. The van der Waals surface area contributed by atoms with E-state index in [1.165, 1.54) is 0 Å². The van der Waals surface area contributed by atoms with E-state index < -0.39 is 10.2 Å². The molecule has 0 saturated heterocycles. The van der Waals surface area contributed by atoms with Gasteiger partial charge in [-0.1, -0.05) is 18.2 Å². The highest BCUT2D eigenvalue weighted by atomic mass is 32.2. The van der Waals surface area contributed by atoms with E-state index in [-0.39, 0.29) is 12.1 Å². The van der Waals surface area contributed by atoms with Gasteiger partial charge in [-0.3, -0.25) is 0 Å². The summed E-state index contributed by atoms with van der Waals surface area (Å²) in [5.74, 6) is 0. The SMILES string of the molecule is CC(C)NS(=O)(=O)NC(C)c1ccccc1N. The van der Waals surface area contributed by atoms with Crippen molar-refractivity contribution in [3.05, 3.63) is 29.8 Å². The van der Waals surface area contributed by atoms with Crippen LogP contribution in [0.5, 0.6) is 0 Å². The maximum Gasteiger partial charge on any atom is 0.277 e. The molecule has 17 heavy (non-hydrogen) atoms. The van der Waals surface area contributed by atoms with Crippen LogP contribution in [0, 0.1) is 0 Å². The molecule has 0 bridgehead atoms. The number of anilines is 1. The second-order valence-electron chi connectivity index (χ2n) is 4.24. The molecular weight excluding hydrogens is 238 g/mol. The van der Waals surface area contributed by atoms with Crippen LogP contribution in [0.2, 0.25) is 0 Å². The number of para-hydroxylation sites is 1. The molecule has 6 heteroatoms. The maximum atomic E-state index is 11.7. The molecule has 0 fully saturated rings. The van der Waals surface area contributed by atoms with Crippen molar-refractivity contribution in [3.63, 3.8) is 0 Å². The third-order valence-corrected chi connectivity index (χ3v) is 3.63. The number of rotatable bonds is 5. The first-order valence-electron chi connectivity index (χ1n) is 5.46. The van der Waals surface area contributed by atoms with Crippen LogP contribution in [-0.2, 0) is 10.2 Å². The largest absolute Gasteiger partial charge is 0.398 e. The Bertz CT molecular complexity index is 471. The molecule has 5 nitrogen and oxygen atoms in total. The zero-order valence-corrected chi connectivity index (χ0v) is 11.1. The van der Waals surface area contributed by atoms with Crippen LogP contribution >= 0.6 is 0 Å². The number of nitrogens with two attached hydrogens (primary N) is 1. The normalized spacial score (nSPS) is 13.9. The van der Waals surface area contributed by atoms with Crippen LogP contribution in [0.25, 0.3) is 0 Å². The molecule has 0 aromatic heterocycles. The number of hydrogen-bond donors (Lipinski definition) is 3. The van der Waals surface area contributed by atoms with E-state index in [2.05, 4.69) is 9.44 Å². The fourth-order valence-corrected chi connectivity index (χ4v) is 2.83. The van der Waals surface area contributed by atoms with Crippen molar-refractivity contribution in [1.29, 1.82) is 0 Å². The summed E-state index contributed by atoms with van der Waals surface area (Å²) in [6.07, 6.45) is 0. The van der Waals surface area contributed by atoms with Gasteiger partial charge in [0.25, 0.3) is 10.2 Å². The quantitative estimate of drug-likeness (QED) is 0.692. The summed E-state index contributed by atoms with van der Waals surface area (Å²) in [5.41, 5.74) is 7.13. The lowest BCUT2D eigenvalue weighted by Gasteiger charge is -2.17. The zero-order chi connectivity index (χ0) is 13.1. The summed E-state index contributed by atoms with van der Waals surface area (Å²) >= 11 is 0. The minimum atomic E-state index is -3.50. The molecule has 0 saturated carbocycles. The summed E-state index contributed by atoms with van der Waals surface area (Å²) in [6, 6.07) is 6.67. The molecule has 1 unspecified atom stereocenters. The lowest BCUT2D eigenvalue weighted by atomic mass is 10.1. The Hall–Kier alpha value is -1.11. The third-order valence-electron chi connectivity index (χ3n) is 2.19. The first-order valence-corrected chi connectivity index (χ1v) is 6.94. The monoisotopic (exact) mass is 257 g/mol. The minimum absolute atomic E-state index is 0.146. The van der Waals surface area contributed by atoms with Crippen molar-refractivity contribution < 1.29 is 8.42 Å². The molecule has 0 aliphatic heterocycles. The van der Waals surface area contributed by atoms with Crippen LogP contribution in [-0.4, -0.2) is 14.5 Å². The summed E-state index contributed by atoms with van der Waals surface area (Å²) in [4.78, 5) is 0. The first-order chi connectivity index (χ1) is 7.82. The third kappa shape index (κ3) is 4.33. The highest BCUT2D eigenvalue weighted by Crippen LogP contribution is 2.19. The van der Waals surface area contributed by atoms with Gasteiger partial charge in [0.2, 0.25) is 0 Å². The average molecular weight is 257 g/mol. The van der Waals surface area contributed by atoms with Crippen LogP contribution < -0.4 is 15.2 Å². The predicted molar refractivity (Wildman–Crippen MR) is 69.6 cm³/mol. The van der Waals surface area contributed by atoms with Gasteiger partial charge in [-0.05, 0) is 32.4 Å². The van der Waals surface area contributed by atoms with Gasteiger partial charge < -0.3 is 5.73 Å². The number of nitrogen functional groups attached to an aromatic ring is 1. The number of nitrogens with one attached hydrogen (secondary N) is 2. The summed E-state index contributed by atoms with van der Waals surface area (Å²) < 4.78 is 28.3. The molecule has 1 atom stereocenters. The van der Waals surface area contributed by atoms with Crippen molar-refractivity contribution in [2.75, 3.05) is 5.73 Å². The lowest BCUT2D eigenvalue weighted by molar-refractivity contribution is 0.542. The van der Waals surface area contributed by atoms with E-state index in [0.29, 0.717) is 5.69 Å². The Labute approximate surface area is 103 Å². The van der Waals surface area contributed by atoms with Gasteiger partial charge in [0.05, 0.1) is 0 Å². The van der Waals surface area contributed by atoms with Gasteiger partial charge in [-0.25, -0.2) is 0 Å². The van der Waals surface area contributed by atoms with Gasteiger partial charge in [-0.15, -0.1) is 0 Å². The second-order valence-corrected chi connectivity index (χ2v) is 5.72. The molecule has 1 aromatic rings. The van der Waals surface area contributed by atoms with Crippen LogP contribution in [0.3, 0.4) is 0 Å². The lowest BCUT2D eigenvalue weighted by Crippen LogP contribution is -2.41. The Balaban J connectivity index is 2.80. The molecular formula is C11H19N3O2S. The van der Waals surface area contributed by atoms with Crippen LogP contribution in [0.4, 0.5) is 5.69 Å². The molecule has 0 radical (unpaired) electrons. The molecule has 4 N–H and O–H groups in total. The molecule has 1 aromatic carbocycles. The van der Waals surface area contributed by atoms with E-state index >= 15 is 0 Å². The van der Waals surface area contributed by atoms with Gasteiger partial charge >= 0.3 is 0 Å². The molecule has 0 aliphatic rings. The van der Waals surface area contributed by atoms with Gasteiger partial charge in [0.15, 0.2) is 0 Å². The predicted octanol–water partition coefficient (Wildman–Crippen LogP) is 1.16. The van der Waals surface area contributed by atoms with Crippen molar-refractivity contribution in [1.82, 2.24) is 9.44 Å². The van der Waals surface area contributed by atoms with E-state index in [1.54, 1.807) is 32.9 Å². The fraction of sp³-hybridized carbons (Fsp3) is 0.455. The fourth-order valence-electron chi connectivity index (χ4n) is 1.55. The van der Waals surface area contributed by atoms with E-state index in [4.69, 9.17) is 5.73 Å². The van der Waals surface area contributed by atoms with Gasteiger partial charge in [0, 0.05) is 17.8 Å². The van der Waals surface area contributed by atoms with Crippen molar-refractivity contribution >= 4 is 15.9 Å². The summed E-state index contributed by atoms with van der Waals surface area (Å²) in [5, 5.41) is 0. The van der Waals surface area contributed by atoms with Crippen LogP contribution in [0.15, 0.2) is 24.3 Å². The standard InChI is InChI=1S/C11H19N3O2S/c1-8(2)13-17(15,16)14-9(3)10-6-4-5-7-11(10)12/h4-9,13-14H,12H2,1-3H3. The van der Waals surface area contributed by atoms with E-state index in [1.807, 2.05) is 12.1 Å². The van der Waals surface area contributed by atoms with Crippen molar-refractivity contribution in [2.45, 2.75) is 32.9 Å². The number of benzene rings is 1. The minimum Gasteiger partial charge on any atom is -0.398 e. The maximum absolute atomic E-state index is 11.7. The van der Waals surface area contributed by atoms with E-state index in [9.17, 15) is 8.42 Å². The van der Waals surface area contributed by atoms with Gasteiger partial charge in [0.1, 0.15) is 0 Å². The first kappa shape index (κ1) is 14.0. The summed E-state index contributed by atoms with van der Waals surface area (Å²) in [7, 11) is -3.50. The summed E-state index contributed by atoms with van der Waals surface area (Å²) in [6.45, 7) is 5.28. The zero-order valence-electron chi connectivity index (χ0n) is 10.3. The smallest absolute Gasteiger partial charge is 0.277 e. The van der Waals surface area contributed by atoms with Crippen molar-refractivity contribution in [2.24, 2.45) is 0 Å². The highest BCUT2D eigenvalue weighted by molar-refractivity contribution is 7.87. The molecule has 96 valence electrons. The topological polar surface area (TPSA) is 84.2 Å².